The minimum Gasteiger partial charge on any atom is -0.0726 e. The number of rotatable bonds is 5. The van der Waals surface area contributed by atoms with Gasteiger partial charge in [0.05, 0.1) is 20.6 Å². The zero-order valence-corrected chi connectivity index (χ0v) is 13.5. The van der Waals surface area contributed by atoms with Crippen LogP contribution in [0.2, 0.25) is 0 Å². The van der Waals surface area contributed by atoms with E-state index in [2.05, 4.69) is 40.6 Å². The SMILES string of the molecule is CCCC(C)[PH+](PP)P(P)P. The van der Waals surface area contributed by atoms with E-state index in [0.29, 0.717) is 0 Å². The Morgan fingerprint density at radius 1 is 1.55 bits per heavy atom. The van der Waals surface area contributed by atoms with Crippen molar-refractivity contribution in [3.05, 3.63) is 0 Å². The maximum absolute atomic E-state index is 3.00. The fourth-order valence-electron chi connectivity index (χ4n) is 1.04. The van der Waals surface area contributed by atoms with Crippen LogP contribution in [0.5, 0.6) is 0 Å². The highest BCUT2D eigenvalue weighted by Gasteiger charge is 2.25. The molecule has 0 bridgehead atoms. The summed E-state index contributed by atoms with van der Waals surface area (Å²) in [6.07, 6.45) is 2.78. The molecular weight excluding hydrogens is 246 g/mol. The second-order valence-electron chi connectivity index (χ2n) is 2.63. The van der Waals surface area contributed by atoms with Crippen LogP contribution in [-0.2, 0) is 0 Å². The molecule has 68 valence electrons. The topological polar surface area (TPSA) is 0 Å². The third kappa shape index (κ3) is 5.80. The first-order valence-corrected chi connectivity index (χ1v) is 14.6. The molecule has 0 aliphatic heterocycles. The molecule has 0 heterocycles. The van der Waals surface area contributed by atoms with Crippen LogP contribution in [0.1, 0.15) is 26.7 Å². The van der Waals surface area contributed by atoms with Crippen molar-refractivity contribution < 1.29 is 0 Å². The van der Waals surface area contributed by atoms with Crippen molar-refractivity contribution in [2.45, 2.75) is 32.3 Å². The molecule has 0 fully saturated rings. The predicted molar refractivity (Wildman–Crippen MR) is 77.0 cm³/mol. The largest absolute Gasteiger partial charge is 0.0888 e. The van der Waals surface area contributed by atoms with E-state index in [-0.39, 0.29) is 14.3 Å². The summed E-state index contributed by atoms with van der Waals surface area (Å²) >= 11 is 0. The Hall–Kier alpha value is 2.58. The molecular formula is C5H19P6+. The molecule has 11 heavy (non-hydrogen) atoms. The van der Waals surface area contributed by atoms with E-state index >= 15 is 0 Å². The maximum Gasteiger partial charge on any atom is 0.0888 e. The molecule has 0 aromatic rings. The monoisotopic (exact) mass is 265 g/mol. The molecule has 0 saturated carbocycles. The Morgan fingerprint density at radius 3 is 2.36 bits per heavy atom. The Kier molecular flexibility index (Phi) is 9.80. The van der Waals surface area contributed by atoms with Crippen molar-refractivity contribution in [1.82, 2.24) is 0 Å². The van der Waals surface area contributed by atoms with E-state index in [4.69, 9.17) is 0 Å². The second kappa shape index (κ2) is 7.94. The van der Waals surface area contributed by atoms with Crippen molar-refractivity contribution in [2.75, 3.05) is 0 Å². The highest BCUT2D eigenvalue weighted by molar-refractivity contribution is 8.87. The van der Waals surface area contributed by atoms with Crippen molar-refractivity contribution in [1.29, 1.82) is 0 Å². The summed E-state index contributed by atoms with van der Waals surface area (Å²) in [4.78, 5) is 0. The molecule has 0 saturated heterocycles. The summed E-state index contributed by atoms with van der Waals surface area (Å²) in [5, 5.41) is 0. The molecule has 0 amide bonds. The Morgan fingerprint density at radius 2 is 2.09 bits per heavy atom. The molecule has 0 spiro atoms. The summed E-state index contributed by atoms with van der Waals surface area (Å²) in [7, 11) is 10.0. The molecule has 0 aromatic carbocycles. The van der Waals surface area contributed by atoms with Gasteiger partial charge in [0.1, 0.15) is 0 Å². The van der Waals surface area contributed by atoms with Crippen molar-refractivity contribution in [2.24, 2.45) is 0 Å². The third-order valence-corrected chi connectivity index (χ3v) is 27.2. The van der Waals surface area contributed by atoms with E-state index in [0.717, 1.165) is 13.6 Å². The zero-order chi connectivity index (χ0) is 8.85. The lowest BCUT2D eigenvalue weighted by Crippen LogP contribution is -1.92. The van der Waals surface area contributed by atoms with Crippen LogP contribution in [0.25, 0.3) is 0 Å². The Balaban J connectivity index is 3.81. The van der Waals surface area contributed by atoms with Crippen LogP contribution in [0.15, 0.2) is 0 Å². The van der Waals surface area contributed by atoms with Gasteiger partial charge in [-0.25, -0.2) is 0 Å². The van der Waals surface area contributed by atoms with Gasteiger partial charge in [0.25, 0.3) is 0 Å². The van der Waals surface area contributed by atoms with Gasteiger partial charge in [-0.2, -0.15) is 0 Å². The first-order chi connectivity index (χ1) is 5.13. The fraction of sp³-hybridized carbons (Fsp3) is 1.00. The Labute approximate surface area is 81.6 Å². The molecule has 6 heteroatoms. The third-order valence-electron chi connectivity index (χ3n) is 1.61. The van der Waals surface area contributed by atoms with Crippen molar-refractivity contribution >= 4 is 49.0 Å². The van der Waals surface area contributed by atoms with Crippen molar-refractivity contribution in [3.8, 4) is 0 Å². The molecule has 0 aliphatic carbocycles. The smallest absolute Gasteiger partial charge is 0.0726 e. The van der Waals surface area contributed by atoms with Gasteiger partial charge in [-0.1, -0.05) is 40.1 Å². The molecule has 0 aromatic heterocycles. The Bertz CT molecular complexity index is 95.0. The fourth-order valence-corrected chi connectivity index (χ4v) is 30.8. The van der Waals surface area contributed by atoms with Crippen LogP contribution >= 0.6 is 49.0 Å². The maximum atomic E-state index is 3.00. The van der Waals surface area contributed by atoms with Gasteiger partial charge >= 0.3 is 0 Å². The number of hydrogen-bond donors (Lipinski definition) is 0. The first-order valence-electron chi connectivity index (χ1n) is 3.76. The second-order valence-corrected chi connectivity index (χ2v) is 23.0. The summed E-state index contributed by atoms with van der Waals surface area (Å²) in [6.45, 7) is 4.93. The predicted octanol–water partition coefficient (Wildman–Crippen LogP) is 4.75. The highest BCUT2D eigenvalue weighted by atomic mass is 32.9. The normalized spacial score (nSPS) is 18.0. The summed E-state index contributed by atoms with van der Waals surface area (Å²) < 4.78 is 0. The van der Waals surface area contributed by atoms with Gasteiger partial charge in [0, 0.05) is 7.30 Å². The highest BCUT2D eigenvalue weighted by Crippen LogP contribution is 2.90. The lowest BCUT2D eigenvalue weighted by molar-refractivity contribution is 0.785. The molecule has 0 N–H and O–H groups in total. The number of hydrogen-bond acceptors (Lipinski definition) is 0. The summed E-state index contributed by atoms with van der Waals surface area (Å²) in [5.41, 5.74) is 1.00. The van der Waals surface area contributed by atoms with Crippen LogP contribution in [0.3, 0.4) is 0 Å². The molecule has 0 nitrogen and oxygen atoms in total. The van der Waals surface area contributed by atoms with E-state index in [1.165, 1.54) is 12.8 Å². The van der Waals surface area contributed by atoms with E-state index in [9.17, 15) is 0 Å². The van der Waals surface area contributed by atoms with E-state index in [1.807, 2.05) is 0 Å². The lowest BCUT2D eigenvalue weighted by Gasteiger charge is -2.17. The minimum atomic E-state index is -0.0598. The van der Waals surface area contributed by atoms with Gasteiger partial charge in [-0.05, 0) is 13.3 Å². The average molecular weight is 265 g/mol. The lowest BCUT2D eigenvalue weighted by atomic mass is 10.3. The zero-order valence-electron chi connectivity index (χ0n) is 7.17. The quantitative estimate of drug-likeness (QED) is 0.629. The van der Waals surface area contributed by atoms with Gasteiger partial charge in [0.2, 0.25) is 0 Å². The average Bonchev–Trinajstić information content (AvgIpc) is 1.88. The van der Waals surface area contributed by atoms with E-state index in [1.54, 1.807) is 0 Å². The summed E-state index contributed by atoms with van der Waals surface area (Å²) in [5.74, 6) is 0. The molecule has 0 aliphatic rings. The van der Waals surface area contributed by atoms with Crippen LogP contribution in [0, 0.1) is 0 Å². The van der Waals surface area contributed by atoms with Crippen LogP contribution in [-0.4, -0.2) is 5.66 Å². The van der Waals surface area contributed by atoms with Gasteiger partial charge in [0.15, 0.2) is 0 Å². The van der Waals surface area contributed by atoms with Crippen LogP contribution in [0.4, 0.5) is 0 Å². The standard InChI is InChI=1S/C5H18P6/c1-3-4-5(2)10(9-6)11(7)8/h5,9H,3-4,6-8H2,1-2H3/p+1. The van der Waals surface area contributed by atoms with Crippen molar-refractivity contribution in [3.63, 3.8) is 0 Å². The molecule has 6 atom stereocenters. The van der Waals surface area contributed by atoms with E-state index < -0.39 is 0 Å². The summed E-state index contributed by atoms with van der Waals surface area (Å²) in [6, 6.07) is 0. The van der Waals surface area contributed by atoms with Gasteiger partial charge in [-0.3, -0.25) is 0 Å². The van der Waals surface area contributed by atoms with Crippen LogP contribution < -0.4 is 0 Å². The molecule has 0 radical (unpaired) electrons. The van der Waals surface area contributed by atoms with Gasteiger partial charge < -0.3 is 0 Å². The van der Waals surface area contributed by atoms with Gasteiger partial charge in [-0.15, -0.1) is 0 Å². The molecule has 0 rings (SSSR count). The molecule has 6 unspecified atom stereocenters. The first kappa shape index (κ1) is 13.6. The minimum absolute atomic E-state index is 0.0598.